The number of nitrogens with zero attached hydrogens (tertiary/aromatic N) is 1. The number of ether oxygens (including phenoxy) is 1. The fraction of sp³-hybridized carbons (Fsp3) is 0.167. The maximum Gasteiger partial charge on any atom is 0.338 e. The van der Waals surface area contributed by atoms with Gasteiger partial charge in [-0.3, -0.25) is 9.10 Å². The predicted molar refractivity (Wildman–Crippen MR) is 123 cm³/mol. The number of amides is 1. The molecule has 3 aromatic carbocycles. The first-order valence-corrected chi connectivity index (χ1v) is 11.5. The summed E-state index contributed by atoms with van der Waals surface area (Å²) in [7, 11) is -3.79. The van der Waals surface area contributed by atoms with Crippen LogP contribution in [-0.2, 0) is 19.6 Å². The van der Waals surface area contributed by atoms with E-state index in [2.05, 4.69) is 5.32 Å². The molecule has 0 aromatic heterocycles. The van der Waals surface area contributed by atoms with Crippen LogP contribution in [0.4, 0.5) is 11.4 Å². The number of para-hydroxylation sites is 2. The van der Waals surface area contributed by atoms with Gasteiger partial charge in [0, 0.05) is 12.2 Å². The quantitative estimate of drug-likeness (QED) is 0.522. The normalized spacial score (nSPS) is 10.9. The van der Waals surface area contributed by atoms with Crippen molar-refractivity contribution in [3.63, 3.8) is 0 Å². The average Bonchev–Trinajstić information content (AvgIpc) is 2.80. The van der Waals surface area contributed by atoms with Gasteiger partial charge in [0.05, 0.1) is 16.1 Å². The third-order valence-electron chi connectivity index (χ3n) is 4.76. The number of esters is 1. The van der Waals surface area contributed by atoms with Crippen molar-refractivity contribution < 1.29 is 22.7 Å². The van der Waals surface area contributed by atoms with Crippen molar-refractivity contribution in [2.75, 3.05) is 22.8 Å². The minimum absolute atomic E-state index is 0.0528. The summed E-state index contributed by atoms with van der Waals surface area (Å²) in [6, 6.07) is 21.5. The van der Waals surface area contributed by atoms with Crippen LogP contribution in [0.25, 0.3) is 0 Å². The zero-order chi connectivity index (χ0) is 23.1. The third-order valence-corrected chi connectivity index (χ3v) is 6.68. The van der Waals surface area contributed by atoms with E-state index in [-0.39, 0.29) is 17.0 Å². The maximum absolute atomic E-state index is 13.0. The standard InChI is InChI=1S/C24H24N2O5S/c1-3-26(20-10-5-4-6-11-20)32(29,30)21-15-13-19(14-16-21)24(28)31-17-23(27)25-22-12-8-7-9-18(22)2/h4-16H,3,17H2,1-2H3,(H,25,27). The van der Waals surface area contributed by atoms with Crippen LogP contribution < -0.4 is 9.62 Å². The Morgan fingerprint density at radius 2 is 1.53 bits per heavy atom. The minimum atomic E-state index is -3.79. The fourth-order valence-electron chi connectivity index (χ4n) is 3.09. The molecule has 0 aliphatic carbocycles. The molecule has 0 saturated carbocycles. The number of nitrogens with one attached hydrogen (secondary N) is 1. The summed E-state index contributed by atoms with van der Waals surface area (Å²) in [6.07, 6.45) is 0. The second kappa shape index (κ2) is 10.1. The Hall–Kier alpha value is -3.65. The number of hydrogen-bond acceptors (Lipinski definition) is 5. The second-order valence-electron chi connectivity index (χ2n) is 6.97. The molecular weight excluding hydrogens is 428 g/mol. The molecule has 0 bridgehead atoms. The highest BCUT2D eigenvalue weighted by molar-refractivity contribution is 7.92. The average molecular weight is 453 g/mol. The molecule has 0 saturated heterocycles. The Morgan fingerprint density at radius 3 is 2.16 bits per heavy atom. The molecule has 8 heteroatoms. The van der Waals surface area contributed by atoms with Crippen LogP contribution in [0.5, 0.6) is 0 Å². The van der Waals surface area contributed by atoms with Crippen LogP contribution >= 0.6 is 0 Å². The maximum atomic E-state index is 13.0. The van der Waals surface area contributed by atoms with Crippen molar-refractivity contribution in [2.45, 2.75) is 18.7 Å². The Labute approximate surface area is 187 Å². The molecule has 32 heavy (non-hydrogen) atoms. The number of aryl methyl sites for hydroxylation is 1. The summed E-state index contributed by atoms with van der Waals surface area (Å²) >= 11 is 0. The van der Waals surface area contributed by atoms with Gasteiger partial charge in [-0.1, -0.05) is 36.4 Å². The first-order valence-electron chi connectivity index (χ1n) is 10.0. The van der Waals surface area contributed by atoms with Gasteiger partial charge in [-0.2, -0.15) is 0 Å². The smallest absolute Gasteiger partial charge is 0.338 e. The summed E-state index contributed by atoms with van der Waals surface area (Å²) in [5.74, 6) is -1.18. The summed E-state index contributed by atoms with van der Waals surface area (Å²) in [4.78, 5) is 24.4. The first-order chi connectivity index (χ1) is 15.3. The molecule has 1 N–H and O–H groups in total. The molecule has 1 amide bonds. The monoisotopic (exact) mass is 452 g/mol. The zero-order valence-corrected chi connectivity index (χ0v) is 18.6. The number of rotatable bonds is 8. The van der Waals surface area contributed by atoms with Crippen molar-refractivity contribution in [2.24, 2.45) is 0 Å². The Balaban J connectivity index is 1.65. The number of carbonyl (C=O) groups is 2. The van der Waals surface area contributed by atoms with Crippen LogP contribution in [0.3, 0.4) is 0 Å². The Morgan fingerprint density at radius 1 is 0.906 bits per heavy atom. The fourth-order valence-corrected chi connectivity index (χ4v) is 4.56. The van der Waals surface area contributed by atoms with Crippen LogP contribution in [-0.4, -0.2) is 33.4 Å². The van der Waals surface area contributed by atoms with E-state index in [1.165, 1.54) is 28.6 Å². The molecule has 7 nitrogen and oxygen atoms in total. The van der Waals surface area contributed by atoms with E-state index in [1.54, 1.807) is 43.3 Å². The largest absolute Gasteiger partial charge is 0.452 e. The van der Waals surface area contributed by atoms with E-state index < -0.39 is 28.5 Å². The van der Waals surface area contributed by atoms with Gasteiger partial charge < -0.3 is 10.1 Å². The molecule has 0 aliphatic heterocycles. The van der Waals surface area contributed by atoms with Gasteiger partial charge in [0.25, 0.3) is 15.9 Å². The lowest BCUT2D eigenvalue weighted by molar-refractivity contribution is -0.119. The van der Waals surface area contributed by atoms with Crippen molar-refractivity contribution in [3.05, 3.63) is 90.0 Å². The minimum Gasteiger partial charge on any atom is -0.452 e. The molecule has 166 valence electrons. The number of anilines is 2. The molecule has 0 unspecified atom stereocenters. The lowest BCUT2D eigenvalue weighted by Gasteiger charge is -2.22. The van der Waals surface area contributed by atoms with Crippen LogP contribution in [0.15, 0.2) is 83.8 Å². The van der Waals surface area contributed by atoms with E-state index in [0.29, 0.717) is 11.4 Å². The van der Waals surface area contributed by atoms with Gasteiger partial charge in [0.15, 0.2) is 6.61 Å². The molecule has 0 spiro atoms. The Kier molecular flexibility index (Phi) is 7.27. The lowest BCUT2D eigenvalue weighted by atomic mass is 10.2. The molecule has 3 aromatic rings. The SMILES string of the molecule is CCN(c1ccccc1)S(=O)(=O)c1ccc(C(=O)OCC(=O)Nc2ccccc2C)cc1. The number of hydrogen-bond donors (Lipinski definition) is 1. The highest BCUT2D eigenvalue weighted by atomic mass is 32.2. The number of carbonyl (C=O) groups excluding carboxylic acids is 2. The predicted octanol–water partition coefficient (Wildman–Crippen LogP) is 4.01. The van der Waals surface area contributed by atoms with E-state index in [1.807, 2.05) is 25.1 Å². The summed E-state index contributed by atoms with van der Waals surface area (Å²) in [5, 5.41) is 2.68. The third kappa shape index (κ3) is 5.33. The molecule has 3 rings (SSSR count). The van der Waals surface area contributed by atoms with Gasteiger partial charge in [-0.25, -0.2) is 13.2 Å². The Bertz CT molecular complexity index is 1190. The van der Waals surface area contributed by atoms with Gasteiger partial charge in [0.2, 0.25) is 0 Å². The highest BCUT2D eigenvalue weighted by Gasteiger charge is 2.24. The molecule has 0 radical (unpaired) electrons. The van der Waals surface area contributed by atoms with E-state index in [9.17, 15) is 18.0 Å². The van der Waals surface area contributed by atoms with Crippen molar-refractivity contribution in [1.29, 1.82) is 0 Å². The molecular formula is C24H24N2O5S. The van der Waals surface area contributed by atoms with Crippen LogP contribution in [0.1, 0.15) is 22.8 Å². The van der Waals surface area contributed by atoms with Crippen LogP contribution in [0, 0.1) is 6.92 Å². The topological polar surface area (TPSA) is 92.8 Å². The highest BCUT2D eigenvalue weighted by Crippen LogP contribution is 2.23. The zero-order valence-electron chi connectivity index (χ0n) is 17.8. The molecule has 0 fully saturated rings. The summed E-state index contributed by atoms with van der Waals surface area (Å²) in [5.41, 5.74) is 2.23. The van der Waals surface area contributed by atoms with Gasteiger partial charge in [-0.15, -0.1) is 0 Å². The van der Waals surface area contributed by atoms with E-state index in [0.717, 1.165) is 5.56 Å². The summed E-state index contributed by atoms with van der Waals surface area (Å²) in [6.45, 7) is 3.41. The van der Waals surface area contributed by atoms with Crippen molar-refractivity contribution in [1.82, 2.24) is 0 Å². The first kappa shape index (κ1) is 23.0. The van der Waals surface area contributed by atoms with Gasteiger partial charge in [0.1, 0.15) is 0 Å². The molecule has 0 heterocycles. The van der Waals surface area contributed by atoms with E-state index >= 15 is 0 Å². The molecule has 0 atom stereocenters. The van der Waals surface area contributed by atoms with Crippen molar-refractivity contribution in [3.8, 4) is 0 Å². The number of sulfonamides is 1. The van der Waals surface area contributed by atoms with Crippen LogP contribution in [0.2, 0.25) is 0 Å². The van der Waals surface area contributed by atoms with Gasteiger partial charge in [-0.05, 0) is 61.9 Å². The van der Waals surface area contributed by atoms with E-state index in [4.69, 9.17) is 4.74 Å². The molecule has 0 aliphatic rings. The van der Waals surface area contributed by atoms with Crippen molar-refractivity contribution >= 4 is 33.3 Å². The lowest BCUT2D eigenvalue weighted by Crippen LogP contribution is -2.30. The summed E-state index contributed by atoms with van der Waals surface area (Å²) < 4.78 is 32.4. The number of benzene rings is 3. The second-order valence-corrected chi connectivity index (χ2v) is 8.83. The van der Waals surface area contributed by atoms with Gasteiger partial charge >= 0.3 is 5.97 Å².